The second-order valence-electron chi connectivity index (χ2n) is 3.74. The summed E-state index contributed by atoms with van der Waals surface area (Å²) in [6.07, 6.45) is 0. The zero-order chi connectivity index (χ0) is 13.5. The molecule has 0 aliphatic carbocycles. The van der Waals surface area contributed by atoms with Crippen molar-refractivity contribution in [2.24, 2.45) is 0 Å². The Morgan fingerprint density at radius 2 is 1.89 bits per heavy atom. The molecule has 0 aliphatic rings. The molecule has 0 saturated carbocycles. The van der Waals surface area contributed by atoms with E-state index in [-0.39, 0.29) is 5.69 Å². The maximum Gasteiger partial charge on any atom is 0.356 e. The van der Waals surface area contributed by atoms with E-state index in [9.17, 15) is 4.79 Å². The fourth-order valence-electron chi connectivity index (χ4n) is 1.48. The van der Waals surface area contributed by atoms with E-state index < -0.39 is 5.97 Å². The third-order valence-electron chi connectivity index (χ3n) is 2.34. The predicted octanol–water partition coefficient (Wildman–Crippen LogP) is 2.66. The molecule has 3 heteroatoms. The Balaban J connectivity index is 2.21. The fraction of sp³-hybridized carbons (Fsp3) is 0.125. The summed E-state index contributed by atoms with van der Waals surface area (Å²) in [6.45, 7) is 2.09. The van der Waals surface area contributed by atoms with Crippen LogP contribution in [-0.4, -0.2) is 17.6 Å². The van der Waals surface area contributed by atoms with Gasteiger partial charge in [-0.2, -0.15) is 0 Å². The van der Waals surface area contributed by atoms with Gasteiger partial charge in [-0.3, -0.25) is 0 Å². The third-order valence-corrected chi connectivity index (χ3v) is 2.34. The van der Waals surface area contributed by atoms with Crippen molar-refractivity contribution < 1.29 is 9.53 Å². The second-order valence-corrected chi connectivity index (χ2v) is 3.74. The highest BCUT2D eigenvalue weighted by Gasteiger charge is 2.07. The van der Waals surface area contributed by atoms with Crippen molar-refractivity contribution in [3.05, 3.63) is 65.5 Å². The van der Waals surface area contributed by atoms with Gasteiger partial charge in [0.25, 0.3) is 0 Å². The molecule has 1 aromatic heterocycles. The average Bonchev–Trinajstić information content (AvgIpc) is 2.47. The van der Waals surface area contributed by atoms with Crippen LogP contribution in [0.3, 0.4) is 0 Å². The molecule has 0 radical (unpaired) electrons. The van der Waals surface area contributed by atoms with Crippen LogP contribution >= 0.6 is 0 Å². The summed E-state index contributed by atoms with van der Waals surface area (Å²) in [5, 5.41) is 0. The summed E-state index contributed by atoms with van der Waals surface area (Å²) in [6, 6.07) is 14.7. The van der Waals surface area contributed by atoms with Crippen molar-refractivity contribution in [1.29, 1.82) is 0 Å². The first-order chi connectivity index (χ1) is 9.29. The highest BCUT2D eigenvalue weighted by molar-refractivity contribution is 5.87. The molecule has 0 fully saturated rings. The largest absolute Gasteiger partial charge is 0.461 e. The molecule has 0 atom stereocenters. The van der Waals surface area contributed by atoms with Gasteiger partial charge in [-0.05, 0) is 37.1 Å². The molecule has 3 nitrogen and oxygen atoms in total. The molecule has 19 heavy (non-hydrogen) atoms. The molecule has 0 spiro atoms. The summed E-state index contributed by atoms with van der Waals surface area (Å²) in [4.78, 5) is 15.7. The minimum absolute atomic E-state index is 0.279. The molecule has 0 unspecified atom stereocenters. The first kappa shape index (κ1) is 12.8. The van der Waals surface area contributed by atoms with E-state index >= 15 is 0 Å². The lowest BCUT2D eigenvalue weighted by Crippen LogP contribution is -2.07. The number of esters is 1. The number of pyridine rings is 1. The Hall–Kier alpha value is -2.60. The minimum Gasteiger partial charge on any atom is -0.461 e. The number of carbonyl (C=O) groups is 1. The number of nitrogens with zero attached hydrogens (tertiary/aromatic N) is 1. The molecule has 2 rings (SSSR count). The molecule has 0 N–H and O–H groups in total. The summed E-state index contributed by atoms with van der Waals surface area (Å²) in [7, 11) is 0. The highest BCUT2D eigenvalue weighted by Crippen LogP contribution is 2.02. The number of rotatable bonds is 2. The zero-order valence-electron chi connectivity index (χ0n) is 10.6. The number of benzene rings is 1. The lowest BCUT2D eigenvalue weighted by molar-refractivity contribution is 0.0519. The molecule has 94 valence electrons. The van der Waals surface area contributed by atoms with E-state index in [1.54, 1.807) is 25.1 Å². The van der Waals surface area contributed by atoms with Crippen LogP contribution in [0.2, 0.25) is 0 Å². The molecule has 0 saturated heterocycles. The van der Waals surface area contributed by atoms with Crippen LogP contribution in [0.25, 0.3) is 0 Å². The summed E-state index contributed by atoms with van der Waals surface area (Å²) in [5.41, 5.74) is 1.74. The van der Waals surface area contributed by atoms with Crippen LogP contribution in [0, 0.1) is 11.8 Å². The van der Waals surface area contributed by atoms with E-state index in [1.807, 2.05) is 30.3 Å². The van der Waals surface area contributed by atoms with Gasteiger partial charge in [0.05, 0.1) is 6.61 Å². The van der Waals surface area contributed by atoms with Crippen molar-refractivity contribution in [2.75, 3.05) is 6.61 Å². The van der Waals surface area contributed by atoms with Gasteiger partial charge < -0.3 is 4.74 Å². The standard InChI is InChI=1S/C16H13NO2/c1-2-19-16(18)15-10-6-9-14(17-15)12-11-13-7-4-3-5-8-13/h3-10H,2H2,1H3. The quantitative estimate of drug-likeness (QED) is 0.608. The van der Waals surface area contributed by atoms with Crippen LogP contribution in [0.5, 0.6) is 0 Å². The van der Waals surface area contributed by atoms with Crippen molar-refractivity contribution in [1.82, 2.24) is 4.98 Å². The molecule has 0 aliphatic heterocycles. The Bertz CT molecular complexity index is 624. The molecule has 0 bridgehead atoms. The van der Waals surface area contributed by atoms with Gasteiger partial charge in [-0.25, -0.2) is 9.78 Å². The molecular formula is C16H13NO2. The van der Waals surface area contributed by atoms with Gasteiger partial charge in [0.1, 0.15) is 11.4 Å². The van der Waals surface area contributed by atoms with Gasteiger partial charge in [-0.1, -0.05) is 30.2 Å². The van der Waals surface area contributed by atoms with E-state index in [2.05, 4.69) is 16.8 Å². The van der Waals surface area contributed by atoms with E-state index in [0.717, 1.165) is 5.56 Å². The molecule has 1 heterocycles. The fourth-order valence-corrected chi connectivity index (χ4v) is 1.48. The first-order valence-electron chi connectivity index (χ1n) is 6.01. The maximum atomic E-state index is 11.5. The van der Waals surface area contributed by atoms with Crippen LogP contribution in [0.1, 0.15) is 28.7 Å². The van der Waals surface area contributed by atoms with E-state index in [0.29, 0.717) is 12.3 Å². The lowest BCUT2D eigenvalue weighted by Gasteiger charge is -2.00. The smallest absolute Gasteiger partial charge is 0.356 e. The SMILES string of the molecule is CCOC(=O)c1cccc(C#Cc2ccccc2)n1. The maximum absolute atomic E-state index is 11.5. The van der Waals surface area contributed by atoms with Gasteiger partial charge >= 0.3 is 5.97 Å². The minimum atomic E-state index is -0.425. The highest BCUT2D eigenvalue weighted by atomic mass is 16.5. The Morgan fingerprint density at radius 1 is 1.11 bits per heavy atom. The van der Waals surface area contributed by atoms with Crippen LogP contribution in [0.15, 0.2) is 48.5 Å². The predicted molar refractivity (Wildman–Crippen MR) is 72.6 cm³/mol. The Kier molecular flexibility index (Phi) is 4.30. The van der Waals surface area contributed by atoms with Crippen molar-refractivity contribution in [3.8, 4) is 11.8 Å². The van der Waals surface area contributed by atoms with Crippen LogP contribution < -0.4 is 0 Å². The number of hydrogen-bond donors (Lipinski definition) is 0. The van der Waals surface area contributed by atoms with Gasteiger partial charge in [-0.15, -0.1) is 0 Å². The van der Waals surface area contributed by atoms with Gasteiger partial charge in [0, 0.05) is 5.56 Å². The van der Waals surface area contributed by atoms with Crippen molar-refractivity contribution in [2.45, 2.75) is 6.92 Å². The zero-order valence-corrected chi connectivity index (χ0v) is 10.6. The summed E-state index contributed by atoms with van der Waals surface area (Å²) < 4.78 is 4.90. The second kappa shape index (κ2) is 6.36. The molecular weight excluding hydrogens is 238 g/mol. The van der Waals surface area contributed by atoms with Gasteiger partial charge in [0.15, 0.2) is 0 Å². The average molecular weight is 251 g/mol. The number of aromatic nitrogens is 1. The monoisotopic (exact) mass is 251 g/mol. The normalized spacial score (nSPS) is 9.32. The third kappa shape index (κ3) is 3.68. The van der Waals surface area contributed by atoms with Gasteiger partial charge in [0.2, 0.25) is 0 Å². The molecule has 1 aromatic carbocycles. The molecule has 0 amide bonds. The first-order valence-corrected chi connectivity index (χ1v) is 6.01. The lowest BCUT2D eigenvalue weighted by atomic mass is 10.2. The summed E-state index contributed by atoms with van der Waals surface area (Å²) >= 11 is 0. The number of ether oxygens (including phenoxy) is 1. The van der Waals surface area contributed by atoms with E-state index in [4.69, 9.17) is 4.74 Å². The number of hydrogen-bond acceptors (Lipinski definition) is 3. The summed E-state index contributed by atoms with van der Waals surface area (Å²) in [5.74, 6) is 5.50. The topological polar surface area (TPSA) is 39.2 Å². The van der Waals surface area contributed by atoms with Crippen molar-refractivity contribution in [3.63, 3.8) is 0 Å². The number of carbonyl (C=O) groups excluding carboxylic acids is 1. The Morgan fingerprint density at radius 3 is 2.63 bits per heavy atom. The van der Waals surface area contributed by atoms with Crippen LogP contribution in [0.4, 0.5) is 0 Å². The Labute approximate surface area is 112 Å². The van der Waals surface area contributed by atoms with Crippen LogP contribution in [-0.2, 0) is 4.74 Å². The van der Waals surface area contributed by atoms with Crippen molar-refractivity contribution >= 4 is 5.97 Å². The van der Waals surface area contributed by atoms with E-state index in [1.165, 1.54) is 0 Å². The molecule has 2 aromatic rings.